The van der Waals surface area contributed by atoms with Crippen LogP contribution in [0.25, 0.3) is 10.2 Å². The lowest BCUT2D eigenvalue weighted by Crippen LogP contribution is -2.34. The van der Waals surface area contributed by atoms with E-state index in [1.54, 1.807) is 9.25 Å². The van der Waals surface area contributed by atoms with Gasteiger partial charge in [0.2, 0.25) is 5.91 Å². The summed E-state index contributed by atoms with van der Waals surface area (Å²) in [5, 5.41) is 6.29. The van der Waals surface area contributed by atoms with Crippen molar-refractivity contribution in [2.75, 3.05) is 13.1 Å². The van der Waals surface area contributed by atoms with Gasteiger partial charge in [-0.2, -0.15) is 5.10 Å². The summed E-state index contributed by atoms with van der Waals surface area (Å²) in [7, 11) is 0. The number of amides is 1. The van der Waals surface area contributed by atoms with Crippen molar-refractivity contribution >= 4 is 27.5 Å². The minimum absolute atomic E-state index is 0.0180. The fourth-order valence-electron chi connectivity index (χ4n) is 3.35. The molecule has 4 heterocycles. The number of nitrogens with zero attached hydrogens (tertiary/aromatic N) is 5. The fraction of sp³-hybridized carbons (Fsp3) is 0.444. The van der Waals surface area contributed by atoms with Crippen molar-refractivity contribution in [2.45, 2.75) is 39.8 Å². The minimum atomic E-state index is 0.0180. The lowest BCUT2D eigenvalue weighted by atomic mass is 10.3. The van der Waals surface area contributed by atoms with Crippen molar-refractivity contribution in [2.24, 2.45) is 0 Å². The molecule has 0 aliphatic carbocycles. The van der Waals surface area contributed by atoms with Crippen molar-refractivity contribution in [3.63, 3.8) is 0 Å². The number of carbonyl (C=O) groups is 1. The zero-order valence-corrected chi connectivity index (χ0v) is 15.8. The van der Waals surface area contributed by atoms with Crippen LogP contribution >= 0.6 is 11.3 Å². The van der Waals surface area contributed by atoms with Crippen LogP contribution in [0, 0.1) is 13.8 Å². The van der Waals surface area contributed by atoms with Gasteiger partial charge in [0.15, 0.2) is 0 Å². The molecule has 0 bridgehead atoms. The van der Waals surface area contributed by atoms with Gasteiger partial charge < -0.3 is 4.90 Å². The van der Waals surface area contributed by atoms with E-state index >= 15 is 0 Å². The van der Waals surface area contributed by atoms with Crippen LogP contribution in [0.15, 0.2) is 22.4 Å². The number of hydrogen-bond acceptors (Lipinski definition) is 5. The maximum Gasteiger partial charge on any atom is 0.271 e. The van der Waals surface area contributed by atoms with E-state index in [1.165, 1.54) is 11.3 Å². The van der Waals surface area contributed by atoms with Crippen molar-refractivity contribution in [1.82, 2.24) is 24.2 Å². The molecule has 4 rings (SSSR count). The number of fused-ring (bicyclic) bond motifs is 2. The largest absolute Gasteiger partial charge is 0.340 e. The van der Waals surface area contributed by atoms with Crippen molar-refractivity contribution < 1.29 is 4.79 Å². The monoisotopic (exact) mass is 371 g/mol. The molecule has 1 aliphatic rings. The summed E-state index contributed by atoms with van der Waals surface area (Å²) < 4.78 is 4.24. The molecule has 0 aromatic carbocycles. The molecule has 0 N–H and O–H groups in total. The van der Waals surface area contributed by atoms with Gasteiger partial charge in [-0.1, -0.05) is 0 Å². The van der Waals surface area contributed by atoms with Gasteiger partial charge in [0.25, 0.3) is 5.56 Å². The van der Waals surface area contributed by atoms with Gasteiger partial charge in [0.05, 0.1) is 11.2 Å². The Labute approximate surface area is 154 Å². The van der Waals surface area contributed by atoms with Gasteiger partial charge in [-0.15, -0.1) is 11.3 Å². The molecular formula is C18H21N5O2S. The van der Waals surface area contributed by atoms with Crippen molar-refractivity contribution in [1.29, 1.82) is 0 Å². The van der Waals surface area contributed by atoms with Crippen LogP contribution in [-0.2, 0) is 24.3 Å². The van der Waals surface area contributed by atoms with E-state index in [-0.39, 0.29) is 11.5 Å². The van der Waals surface area contributed by atoms with Crippen LogP contribution in [0.2, 0.25) is 0 Å². The van der Waals surface area contributed by atoms with E-state index in [2.05, 4.69) is 5.10 Å². The molecule has 1 aliphatic heterocycles. The molecule has 0 atom stereocenters. The predicted octanol–water partition coefficient (Wildman–Crippen LogP) is 1.75. The summed E-state index contributed by atoms with van der Waals surface area (Å²) >= 11 is 1.45. The Morgan fingerprint density at radius 3 is 2.88 bits per heavy atom. The zero-order valence-electron chi connectivity index (χ0n) is 14.9. The van der Waals surface area contributed by atoms with Gasteiger partial charge in [-0.3, -0.25) is 18.8 Å². The highest BCUT2D eigenvalue weighted by Crippen LogP contribution is 2.21. The third-order valence-electron chi connectivity index (χ3n) is 4.81. The fourth-order valence-corrected chi connectivity index (χ4v) is 4.29. The second-order valence-electron chi connectivity index (χ2n) is 6.68. The SMILES string of the molecule is Cc1ccn(CCC(=O)N2CCc3nc4c(C)csc4c(=O)n3CC2)n1. The number of thiophene rings is 1. The maximum absolute atomic E-state index is 12.7. The molecular weight excluding hydrogens is 350 g/mol. The number of aromatic nitrogens is 4. The molecule has 26 heavy (non-hydrogen) atoms. The summed E-state index contributed by atoms with van der Waals surface area (Å²) in [5.74, 6) is 0.874. The Kier molecular flexibility index (Phi) is 4.36. The minimum Gasteiger partial charge on any atom is -0.340 e. The van der Waals surface area contributed by atoms with Crippen LogP contribution in [0.5, 0.6) is 0 Å². The van der Waals surface area contributed by atoms with E-state index in [9.17, 15) is 9.59 Å². The summed E-state index contributed by atoms with van der Waals surface area (Å²) in [6.07, 6.45) is 2.90. The molecule has 0 unspecified atom stereocenters. The van der Waals surface area contributed by atoms with E-state index < -0.39 is 0 Å². The molecule has 7 nitrogen and oxygen atoms in total. The van der Waals surface area contributed by atoms with Crippen LogP contribution in [-0.4, -0.2) is 43.2 Å². The third-order valence-corrected chi connectivity index (χ3v) is 5.89. The second kappa shape index (κ2) is 6.68. The normalized spacial score (nSPS) is 14.5. The Bertz CT molecular complexity index is 1030. The quantitative estimate of drug-likeness (QED) is 0.703. The van der Waals surface area contributed by atoms with Gasteiger partial charge >= 0.3 is 0 Å². The molecule has 0 radical (unpaired) electrons. The highest BCUT2D eigenvalue weighted by molar-refractivity contribution is 7.17. The highest BCUT2D eigenvalue weighted by atomic mass is 32.1. The van der Waals surface area contributed by atoms with Crippen molar-refractivity contribution in [3.8, 4) is 0 Å². The number of carbonyl (C=O) groups excluding carboxylic acids is 1. The standard InChI is InChI=1S/C18H21N5O2S/c1-12-11-26-17-16(12)19-14-4-6-21(9-10-23(14)18(17)25)15(24)5-8-22-7-3-13(2)20-22/h3,7,11H,4-6,8-10H2,1-2H3. The van der Waals surface area contributed by atoms with Gasteiger partial charge in [0, 0.05) is 45.2 Å². The van der Waals surface area contributed by atoms with Crippen LogP contribution < -0.4 is 5.56 Å². The molecule has 0 fully saturated rings. The van der Waals surface area contributed by atoms with Crippen molar-refractivity contribution in [3.05, 3.63) is 45.1 Å². The molecule has 3 aromatic heterocycles. The Hall–Kier alpha value is -2.48. The van der Waals surface area contributed by atoms with Crippen LogP contribution in [0.4, 0.5) is 0 Å². The van der Waals surface area contributed by atoms with Gasteiger partial charge in [0.1, 0.15) is 10.5 Å². The van der Waals surface area contributed by atoms with Crippen LogP contribution in [0.3, 0.4) is 0 Å². The molecule has 0 spiro atoms. The average Bonchev–Trinajstić information content (AvgIpc) is 3.12. The first-order valence-corrected chi connectivity index (χ1v) is 9.66. The molecule has 3 aromatic rings. The van der Waals surface area contributed by atoms with Crippen LogP contribution in [0.1, 0.15) is 23.5 Å². The Balaban J connectivity index is 1.49. The second-order valence-corrected chi connectivity index (χ2v) is 7.56. The number of aryl methyl sites for hydroxylation is 3. The van der Waals surface area contributed by atoms with E-state index in [0.717, 1.165) is 22.6 Å². The molecule has 1 amide bonds. The molecule has 136 valence electrons. The molecule has 0 saturated carbocycles. The lowest BCUT2D eigenvalue weighted by Gasteiger charge is -2.19. The Morgan fingerprint density at radius 1 is 1.27 bits per heavy atom. The molecule has 0 saturated heterocycles. The lowest BCUT2D eigenvalue weighted by molar-refractivity contribution is -0.131. The first kappa shape index (κ1) is 17.0. The zero-order chi connectivity index (χ0) is 18.3. The Morgan fingerprint density at radius 2 is 2.12 bits per heavy atom. The van der Waals surface area contributed by atoms with E-state index in [1.807, 2.05) is 36.4 Å². The topological polar surface area (TPSA) is 73.0 Å². The number of rotatable bonds is 3. The first-order chi connectivity index (χ1) is 12.5. The predicted molar refractivity (Wildman–Crippen MR) is 100 cm³/mol. The molecule has 8 heteroatoms. The summed E-state index contributed by atoms with van der Waals surface area (Å²) in [6, 6.07) is 1.93. The van der Waals surface area contributed by atoms with E-state index in [4.69, 9.17) is 4.98 Å². The average molecular weight is 371 g/mol. The summed E-state index contributed by atoms with van der Waals surface area (Å²) in [4.78, 5) is 31.9. The highest BCUT2D eigenvalue weighted by Gasteiger charge is 2.21. The van der Waals surface area contributed by atoms with Gasteiger partial charge in [-0.05, 0) is 30.9 Å². The van der Waals surface area contributed by atoms with E-state index in [0.29, 0.717) is 43.7 Å². The summed E-state index contributed by atoms with van der Waals surface area (Å²) in [6.45, 7) is 6.12. The first-order valence-electron chi connectivity index (χ1n) is 8.78. The number of hydrogen-bond donors (Lipinski definition) is 0. The smallest absolute Gasteiger partial charge is 0.271 e. The maximum atomic E-state index is 12.7. The van der Waals surface area contributed by atoms with Gasteiger partial charge in [-0.25, -0.2) is 4.98 Å². The third kappa shape index (κ3) is 3.05. The summed E-state index contributed by atoms with van der Waals surface area (Å²) in [5.41, 5.74) is 2.81.